The van der Waals surface area contributed by atoms with E-state index in [0.717, 1.165) is 5.56 Å². The molecule has 2 N–H and O–H groups in total. The SMILES string of the molecule is CC(CC(=O)NCCc1nc(C(=O)O)cs1)c1ccccc1. The van der Waals surface area contributed by atoms with Crippen molar-refractivity contribution in [3.63, 3.8) is 0 Å². The van der Waals surface area contributed by atoms with Gasteiger partial charge >= 0.3 is 5.97 Å². The van der Waals surface area contributed by atoms with Crippen LogP contribution in [0.15, 0.2) is 35.7 Å². The van der Waals surface area contributed by atoms with E-state index in [0.29, 0.717) is 24.4 Å². The van der Waals surface area contributed by atoms with Gasteiger partial charge in [0.1, 0.15) is 0 Å². The monoisotopic (exact) mass is 318 g/mol. The predicted octanol–water partition coefficient (Wildman–Crippen LogP) is 2.69. The summed E-state index contributed by atoms with van der Waals surface area (Å²) < 4.78 is 0. The first-order chi connectivity index (χ1) is 10.6. The number of benzene rings is 1. The Morgan fingerprint density at radius 2 is 2.05 bits per heavy atom. The van der Waals surface area contributed by atoms with Crippen LogP contribution in [0.1, 0.15) is 40.3 Å². The van der Waals surface area contributed by atoms with Crippen molar-refractivity contribution in [2.75, 3.05) is 6.54 Å². The summed E-state index contributed by atoms with van der Waals surface area (Å²) in [6.07, 6.45) is 0.978. The predicted molar refractivity (Wildman–Crippen MR) is 85.3 cm³/mol. The molecule has 1 atom stereocenters. The van der Waals surface area contributed by atoms with E-state index in [1.807, 2.05) is 37.3 Å². The van der Waals surface area contributed by atoms with Crippen LogP contribution in [0.5, 0.6) is 0 Å². The molecule has 0 bridgehead atoms. The molecule has 1 aromatic carbocycles. The first-order valence-electron chi connectivity index (χ1n) is 7.05. The number of amides is 1. The number of nitrogens with one attached hydrogen (secondary N) is 1. The van der Waals surface area contributed by atoms with E-state index < -0.39 is 5.97 Å². The van der Waals surface area contributed by atoms with Gasteiger partial charge in [-0.2, -0.15) is 0 Å². The zero-order chi connectivity index (χ0) is 15.9. The van der Waals surface area contributed by atoms with Crippen LogP contribution in [0, 0.1) is 0 Å². The number of carbonyl (C=O) groups is 2. The first kappa shape index (κ1) is 16.2. The average Bonchev–Trinajstić information content (AvgIpc) is 2.97. The van der Waals surface area contributed by atoms with Gasteiger partial charge in [-0.3, -0.25) is 4.79 Å². The van der Waals surface area contributed by atoms with E-state index in [2.05, 4.69) is 10.3 Å². The highest BCUT2D eigenvalue weighted by Gasteiger charge is 2.12. The number of carboxylic acid groups (broad SMARTS) is 1. The summed E-state index contributed by atoms with van der Waals surface area (Å²) in [4.78, 5) is 26.6. The van der Waals surface area contributed by atoms with E-state index in [1.165, 1.54) is 16.7 Å². The van der Waals surface area contributed by atoms with Gasteiger partial charge in [-0.15, -0.1) is 11.3 Å². The molecule has 2 rings (SSSR count). The number of hydrogen-bond donors (Lipinski definition) is 2. The Labute approximate surface area is 133 Å². The summed E-state index contributed by atoms with van der Waals surface area (Å²) in [5, 5.41) is 13.9. The summed E-state index contributed by atoms with van der Waals surface area (Å²) >= 11 is 1.30. The maximum atomic E-state index is 11.9. The molecular formula is C16H18N2O3S. The van der Waals surface area contributed by atoms with Crippen molar-refractivity contribution < 1.29 is 14.7 Å². The lowest BCUT2D eigenvalue weighted by molar-refractivity contribution is -0.121. The minimum absolute atomic E-state index is 0.00799. The maximum Gasteiger partial charge on any atom is 0.355 e. The molecule has 2 aromatic rings. The molecule has 0 aliphatic rings. The topological polar surface area (TPSA) is 79.3 Å². The maximum absolute atomic E-state index is 11.9. The van der Waals surface area contributed by atoms with Gasteiger partial charge in [0.25, 0.3) is 0 Å². The summed E-state index contributed by atoms with van der Waals surface area (Å²) in [5.74, 6) is -0.866. The fourth-order valence-corrected chi connectivity index (χ4v) is 2.85. The molecule has 1 amide bonds. The van der Waals surface area contributed by atoms with Gasteiger partial charge in [0.2, 0.25) is 5.91 Å². The van der Waals surface area contributed by atoms with Gasteiger partial charge < -0.3 is 10.4 Å². The Bertz CT molecular complexity index is 640. The Kier molecular flexibility index (Phi) is 5.66. The van der Waals surface area contributed by atoms with Gasteiger partial charge in [-0.05, 0) is 11.5 Å². The Balaban J connectivity index is 1.74. The summed E-state index contributed by atoms with van der Waals surface area (Å²) in [5.41, 5.74) is 1.20. The van der Waals surface area contributed by atoms with Gasteiger partial charge in [0.05, 0.1) is 5.01 Å². The molecule has 6 heteroatoms. The highest BCUT2D eigenvalue weighted by Crippen LogP contribution is 2.18. The Morgan fingerprint density at radius 1 is 1.32 bits per heavy atom. The van der Waals surface area contributed by atoms with Crippen molar-refractivity contribution >= 4 is 23.2 Å². The number of carbonyl (C=O) groups excluding carboxylic acids is 1. The van der Waals surface area contributed by atoms with Crippen molar-refractivity contribution in [3.8, 4) is 0 Å². The van der Waals surface area contributed by atoms with Crippen molar-refractivity contribution in [3.05, 3.63) is 52.0 Å². The highest BCUT2D eigenvalue weighted by atomic mass is 32.1. The number of nitrogens with zero attached hydrogens (tertiary/aromatic N) is 1. The van der Waals surface area contributed by atoms with E-state index in [1.54, 1.807) is 0 Å². The van der Waals surface area contributed by atoms with Gasteiger partial charge in [-0.25, -0.2) is 9.78 Å². The molecule has 1 heterocycles. The third-order valence-corrected chi connectivity index (χ3v) is 4.20. The lowest BCUT2D eigenvalue weighted by atomic mass is 9.98. The number of aromatic carboxylic acids is 1. The largest absolute Gasteiger partial charge is 0.476 e. The van der Waals surface area contributed by atoms with Crippen molar-refractivity contribution in [2.24, 2.45) is 0 Å². The van der Waals surface area contributed by atoms with Gasteiger partial charge in [-0.1, -0.05) is 37.3 Å². The average molecular weight is 318 g/mol. The second-order valence-corrected chi connectivity index (χ2v) is 5.99. The summed E-state index contributed by atoms with van der Waals surface area (Å²) in [7, 11) is 0. The van der Waals surface area contributed by atoms with Crippen LogP contribution in [0.4, 0.5) is 0 Å². The molecule has 0 aliphatic heterocycles. The van der Waals surface area contributed by atoms with E-state index in [-0.39, 0.29) is 17.5 Å². The lowest BCUT2D eigenvalue weighted by Crippen LogP contribution is -2.26. The molecule has 0 radical (unpaired) electrons. The standard InChI is InChI=1S/C16H18N2O3S/c1-11(12-5-3-2-4-6-12)9-14(19)17-8-7-15-18-13(10-22-15)16(20)21/h2-6,10-11H,7-9H2,1H3,(H,17,19)(H,20,21). The molecule has 0 saturated carbocycles. The Morgan fingerprint density at radius 3 is 2.68 bits per heavy atom. The molecular weight excluding hydrogens is 300 g/mol. The third kappa shape index (κ3) is 4.66. The van der Waals surface area contributed by atoms with Crippen molar-refractivity contribution in [1.82, 2.24) is 10.3 Å². The van der Waals surface area contributed by atoms with Gasteiger partial charge in [0.15, 0.2) is 5.69 Å². The summed E-state index contributed by atoms with van der Waals surface area (Å²) in [6.45, 7) is 2.49. The van der Waals surface area contributed by atoms with Crippen LogP contribution in [-0.2, 0) is 11.2 Å². The molecule has 22 heavy (non-hydrogen) atoms. The second kappa shape index (κ2) is 7.70. The molecule has 5 nitrogen and oxygen atoms in total. The quantitative estimate of drug-likeness (QED) is 0.822. The van der Waals surface area contributed by atoms with E-state index in [4.69, 9.17) is 5.11 Å². The number of carboxylic acids is 1. The number of thiazole rings is 1. The van der Waals surface area contributed by atoms with E-state index >= 15 is 0 Å². The third-order valence-electron chi connectivity index (χ3n) is 3.29. The minimum atomic E-state index is -1.02. The molecule has 116 valence electrons. The second-order valence-electron chi connectivity index (χ2n) is 5.05. The molecule has 0 spiro atoms. The lowest BCUT2D eigenvalue weighted by Gasteiger charge is -2.11. The Hall–Kier alpha value is -2.21. The summed E-state index contributed by atoms with van der Waals surface area (Å²) in [6, 6.07) is 9.91. The van der Waals surface area contributed by atoms with Crippen LogP contribution >= 0.6 is 11.3 Å². The fraction of sp³-hybridized carbons (Fsp3) is 0.312. The van der Waals surface area contributed by atoms with Crippen LogP contribution in [0.3, 0.4) is 0 Å². The molecule has 1 aromatic heterocycles. The van der Waals surface area contributed by atoms with Crippen LogP contribution in [0.25, 0.3) is 0 Å². The smallest absolute Gasteiger partial charge is 0.355 e. The molecule has 0 aliphatic carbocycles. The minimum Gasteiger partial charge on any atom is -0.476 e. The van der Waals surface area contributed by atoms with E-state index in [9.17, 15) is 9.59 Å². The number of hydrogen-bond acceptors (Lipinski definition) is 4. The molecule has 0 fully saturated rings. The first-order valence-corrected chi connectivity index (χ1v) is 7.93. The van der Waals surface area contributed by atoms with Gasteiger partial charge in [0, 0.05) is 24.8 Å². The van der Waals surface area contributed by atoms with Crippen LogP contribution in [0.2, 0.25) is 0 Å². The molecule has 1 unspecified atom stereocenters. The molecule has 0 saturated heterocycles. The van der Waals surface area contributed by atoms with Crippen molar-refractivity contribution in [1.29, 1.82) is 0 Å². The highest BCUT2D eigenvalue weighted by molar-refractivity contribution is 7.09. The normalized spacial score (nSPS) is 11.9. The zero-order valence-electron chi connectivity index (χ0n) is 12.3. The van der Waals surface area contributed by atoms with Crippen LogP contribution < -0.4 is 5.32 Å². The van der Waals surface area contributed by atoms with Crippen molar-refractivity contribution in [2.45, 2.75) is 25.7 Å². The zero-order valence-corrected chi connectivity index (χ0v) is 13.1. The fourth-order valence-electron chi connectivity index (χ4n) is 2.08. The van der Waals surface area contributed by atoms with Crippen LogP contribution in [-0.4, -0.2) is 28.5 Å². The number of rotatable bonds is 7. The number of aromatic nitrogens is 1.